The number of hydrogen-bond donors (Lipinski definition) is 1. The number of aromatic nitrogens is 3. The van der Waals surface area contributed by atoms with E-state index >= 15 is 0 Å². The molecule has 0 amide bonds. The molecule has 0 aliphatic heterocycles. The Morgan fingerprint density at radius 2 is 2.21 bits per heavy atom. The number of nitrogens with zero attached hydrogens (tertiary/aromatic N) is 2. The van der Waals surface area contributed by atoms with E-state index in [1.807, 2.05) is 6.92 Å². The summed E-state index contributed by atoms with van der Waals surface area (Å²) in [6.07, 6.45) is 0.741. The fraction of sp³-hybridized carbons (Fsp3) is 0.400. The summed E-state index contributed by atoms with van der Waals surface area (Å²) in [6, 6.07) is 4.44. The summed E-state index contributed by atoms with van der Waals surface area (Å²) in [5, 5.41) is 6.59. The minimum atomic E-state index is -3.01. The van der Waals surface area contributed by atoms with Crippen LogP contribution in [0.1, 0.15) is 29.3 Å². The third kappa shape index (κ3) is 4.44. The van der Waals surface area contributed by atoms with Gasteiger partial charge < -0.3 is 4.74 Å². The average molecular weight is 357 g/mol. The zero-order valence-corrected chi connectivity index (χ0v) is 14.0. The van der Waals surface area contributed by atoms with Gasteiger partial charge in [-0.2, -0.15) is 8.78 Å². The van der Waals surface area contributed by atoms with Crippen molar-refractivity contribution in [3.05, 3.63) is 39.8 Å². The second kappa shape index (κ2) is 8.09. The standard InChI is InChI=1S/C15H17F2N3O3S/c1-3-6-20-14(22)18-19-15(20)24-8-11(21)10-7-9(2)4-5-12(10)23-13(16)17/h4-5,7,13H,3,6,8H2,1-2H3,(H,18,22). The molecule has 1 N–H and O–H groups in total. The van der Waals surface area contributed by atoms with Crippen LogP contribution < -0.4 is 10.4 Å². The van der Waals surface area contributed by atoms with E-state index in [0.717, 1.165) is 23.7 Å². The number of halogens is 2. The van der Waals surface area contributed by atoms with Gasteiger partial charge in [-0.15, -0.1) is 5.10 Å². The lowest BCUT2D eigenvalue weighted by Crippen LogP contribution is -2.17. The molecule has 0 saturated heterocycles. The van der Waals surface area contributed by atoms with E-state index < -0.39 is 6.61 Å². The predicted octanol–water partition coefficient (Wildman–Crippen LogP) is 2.87. The molecule has 0 aliphatic carbocycles. The molecule has 0 fully saturated rings. The number of thioether (sulfide) groups is 1. The van der Waals surface area contributed by atoms with Crippen molar-refractivity contribution in [1.82, 2.24) is 14.8 Å². The molecule has 9 heteroatoms. The smallest absolute Gasteiger partial charge is 0.387 e. The molecule has 24 heavy (non-hydrogen) atoms. The molecule has 0 bridgehead atoms. The van der Waals surface area contributed by atoms with E-state index in [9.17, 15) is 18.4 Å². The third-order valence-corrected chi connectivity index (χ3v) is 4.13. The highest BCUT2D eigenvalue weighted by molar-refractivity contribution is 7.99. The van der Waals surface area contributed by atoms with E-state index in [1.54, 1.807) is 13.0 Å². The van der Waals surface area contributed by atoms with Crippen LogP contribution in [-0.4, -0.2) is 32.9 Å². The molecule has 0 radical (unpaired) electrons. The van der Waals surface area contributed by atoms with E-state index in [4.69, 9.17) is 0 Å². The molecule has 0 aliphatic rings. The van der Waals surface area contributed by atoms with Gasteiger partial charge in [0.25, 0.3) is 0 Å². The number of ketones is 1. The van der Waals surface area contributed by atoms with Gasteiger partial charge in [0.15, 0.2) is 10.9 Å². The molecule has 2 rings (SSSR count). The number of H-pyrrole nitrogens is 1. The molecule has 2 aromatic rings. The number of hydrogen-bond acceptors (Lipinski definition) is 5. The van der Waals surface area contributed by atoms with Crippen molar-refractivity contribution < 1.29 is 18.3 Å². The maximum absolute atomic E-state index is 12.5. The highest BCUT2D eigenvalue weighted by atomic mass is 32.2. The number of benzene rings is 1. The highest BCUT2D eigenvalue weighted by Gasteiger charge is 2.18. The lowest BCUT2D eigenvalue weighted by molar-refractivity contribution is -0.0501. The number of carbonyl (C=O) groups excluding carboxylic acids is 1. The minimum Gasteiger partial charge on any atom is -0.434 e. The number of nitrogens with one attached hydrogen (secondary N) is 1. The quantitative estimate of drug-likeness (QED) is 0.581. The Bertz CT molecular complexity index is 774. The molecule has 6 nitrogen and oxygen atoms in total. The largest absolute Gasteiger partial charge is 0.434 e. The van der Waals surface area contributed by atoms with Gasteiger partial charge >= 0.3 is 12.3 Å². The van der Waals surface area contributed by atoms with Crippen molar-refractivity contribution in [3.8, 4) is 5.75 Å². The van der Waals surface area contributed by atoms with Crippen LogP contribution in [0, 0.1) is 6.92 Å². The topological polar surface area (TPSA) is 77.0 Å². The van der Waals surface area contributed by atoms with E-state index in [2.05, 4.69) is 14.9 Å². The van der Waals surface area contributed by atoms with Gasteiger partial charge in [-0.1, -0.05) is 30.3 Å². The zero-order valence-electron chi connectivity index (χ0n) is 13.2. The van der Waals surface area contributed by atoms with Crippen LogP contribution in [-0.2, 0) is 6.54 Å². The van der Waals surface area contributed by atoms with Crippen LogP contribution in [0.3, 0.4) is 0 Å². The van der Waals surface area contributed by atoms with Crippen LogP contribution in [0.5, 0.6) is 5.75 Å². The van der Waals surface area contributed by atoms with E-state index in [0.29, 0.717) is 11.7 Å². The molecule has 1 aromatic heterocycles. The summed E-state index contributed by atoms with van der Waals surface area (Å²) in [5.41, 5.74) is 0.499. The number of ether oxygens (including phenoxy) is 1. The van der Waals surface area contributed by atoms with Crippen molar-refractivity contribution >= 4 is 17.5 Å². The molecular formula is C15H17F2N3O3S. The van der Waals surface area contributed by atoms with Gasteiger partial charge in [0, 0.05) is 6.54 Å². The van der Waals surface area contributed by atoms with Gasteiger partial charge in [0.2, 0.25) is 0 Å². The number of rotatable bonds is 8. The molecule has 1 heterocycles. The Labute approximate surface area is 141 Å². The fourth-order valence-electron chi connectivity index (χ4n) is 2.10. The summed E-state index contributed by atoms with van der Waals surface area (Å²) < 4.78 is 30.8. The average Bonchev–Trinajstić information content (AvgIpc) is 2.87. The van der Waals surface area contributed by atoms with Crippen molar-refractivity contribution in [3.63, 3.8) is 0 Å². The van der Waals surface area contributed by atoms with Crippen LogP contribution in [0.15, 0.2) is 28.2 Å². The fourth-order valence-corrected chi connectivity index (χ4v) is 2.96. The lowest BCUT2D eigenvalue weighted by Gasteiger charge is -2.10. The first-order valence-electron chi connectivity index (χ1n) is 7.29. The Kier molecular flexibility index (Phi) is 6.13. The van der Waals surface area contributed by atoms with Crippen molar-refractivity contribution in [1.29, 1.82) is 0 Å². The minimum absolute atomic E-state index is 0.0446. The van der Waals surface area contributed by atoms with Crippen LogP contribution in [0.2, 0.25) is 0 Å². The van der Waals surface area contributed by atoms with Crippen LogP contribution in [0.25, 0.3) is 0 Å². The van der Waals surface area contributed by atoms with E-state index in [1.165, 1.54) is 16.7 Å². The second-order valence-electron chi connectivity index (χ2n) is 5.05. The normalized spacial score (nSPS) is 11.0. The Morgan fingerprint density at radius 3 is 2.88 bits per heavy atom. The van der Waals surface area contributed by atoms with E-state index in [-0.39, 0.29) is 28.5 Å². The molecule has 0 unspecified atom stereocenters. The molecular weight excluding hydrogens is 340 g/mol. The first-order valence-corrected chi connectivity index (χ1v) is 8.27. The van der Waals surface area contributed by atoms with Gasteiger partial charge in [-0.05, 0) is 25.5 Å². The maximum Gasteiger partial charge on any atom is 0.387 e. The van der Waals surface area contributed by atoms with Crippen LogP contribution in [0.4, 0.5) is 8.78 Å². The summed E-state index contributed by atoms with van der Waals surface area (Å²) in [4.78, 5) is 24.0. The Hall–Kier alpha value is -2.16. The number of aryl methyl sites for hydroxylation is 1. The first-order chi connectivity index (χ1) is 11.4. The van der Waals surface area contributed by atoms with Crippen molar-refractivity contribution in [2.75, 3.05) is 5.75 Å². The molecule has 1 aromatic carbocycles. The van der Waals surface area contributed by atoms with Gasteiger partial charge in [-0.25, -0.2) is 9.89 Å². The number of carbonyl (C=O) groups is 1. The van der Waals surface area contributed by atoms with Crippen LogP contribution >= 0.6 is 11.8 Å². The molecule has 0 atom stereocenters. The van der Waals surface area contributed by atoms with Gasteiger partial charge in [-0.3, -0.25) is 9.36 Å². The SMILES string of the molecule is CCCn1c(SCC(=O)c2cc(C)ccc2OC(F)F)n[nH]c1=O. The second-order valence-corrected chi connectivity index (χ2v) is 6.00. The lowest BCUT2D eigenvalue weighted by atomic mass is 10.1. The number of alkyl halides is 2. The zero-order chi connectivity index (χ0) is 17.7. The van der Waals surface area contributed by atoms with Crippen molar-refractivity contribution in [2.24, 2.45) is 0 Å². The first kappa shape index (κ1) is 18.2. The van der Waals surface area contributed by atoms with Gasteiger partial charge in [0.05, 0.1) is 11.3 Å². The number of aromatic amines is 1. The van der Waals surface area contributed by atoms with Gasteiger partial charge in [0.1, 0.15) is 5.75 Å². The third-order valence-electron chi connectivity index (χ3n) is 3.15. The summed E-state index contributed by atoms with van der Waals surface area (Å²) >= 11 is 1.07. The molecule has 130 valence electrons. The summed E-state index contributed by atoms with van der Waals surface area (Å²) in [7, 11) is 0. The Morgan fingerprint density at radius 1 is 1.46 bits per heavy atom. The molecule has 0 spiro atoms. The monoisotopic (exact) mass is 357 g/mol. The predicted molar refractivity (Wildman–Crippen MR) is 86.0 cm³/mol. The Balaban J connectivity index is 2.16. The van der Waals surface area contributed by atoms with Crippen molar-refractivity contribution in [2.45, 2.75) is 38.6 Å². The summed E-state index contributed by atoms with van der Waals surface area (Å²) in [6.45, 7) is 1.14. The number of Topliss-reactive ketones (excluding diaryl/α,β-unsaturated/α-hetero) is 1. The summed E-state index contributed by atoms with van der Waals surface area (Å²) in [5.74, 6) is -0.580. The molecule has 0 saturated carbocycles. The maximum atomic E-state index is 12.5. The highest BCUT2D eigenvalue weighted by Crippen LogP contribution is 2.25.